The highest BCUT2D eigenvalue weighted by molar-refractivity contribution is 7.80. The van der Waals surface area contributed by atoms with Crippen LogP contribution in [-0.2, 0) is 14.6 Å². The normalized spacial score (nSPS) is 11.2. The molecular weight excluding hydrogens is 230 g/mol. The van der Waals surface area contributed by atoms with Crippen molar-refractivity contribution in [3.8, 4) is 12.3 Å². The maximum atomic E-state index is 9.63. The molecule has 0 aromatic carbocycles. The topological polar surface area (TPSA) is 63.6 Å². The van der Waals surface area contributed by atoms with Crippen molar-refractivity contribution in [2.75, 3.05) is 33.3 Å². The first kappa shape index (κ1) is 17.8. The summed E-state index contributed by atoms with van der Waals surface area (Å²) in [5.74, 6) is 1.86. The van der Waals surface area contributed by atoms with Gasteiger partial charge >= 0.3 is 10.4 Å². The largest absolute Gasteiger partial charge is 0.398 e. The molecule has 0 heterocycles. The minimum Gasteiger partial charge on any atom is -0.327 e. The molecule has 5 nitrogen and oxygen atoms in total. The lowest BCUT2D eigenvalue weighted by Gasteiger charge is -2.30. The Hall–Kier alpha value is -0.610. The molecular formula is C10H22NO4S+. The molecule has 0 bridgehead atoms. The van der Waals surface area contributed by atoms with Crippen LogP contribution in [0.25, 0.3) is 0 Å². The van der Waals surface area contributed by atoms with Crippen LogP contribution >= 0.6 is 0 Å². The summed E-state index contributed by atoms with van der Waals surface area (Å²) < 4.78 is 31.9. The Balaban J connectivity index is 0. The highest BCUT2D eigenvalue weighted by atomic mass is 32.3. The first-order chi connectivity index (χ1) is 7.24. The van der Waals surface area contributed by atoms with E-state index in [4.69, 9.17) is 4.55 Å². The number of quaternary nitrogens is 1. The van der Waals surface area contributed by atoms with Crippen molar-refractivity contribution >= 4 is 10.4 Å². The molecule has 0 radical (unpaired) electrons. The second-order valence-electron chi connectivity index (χ2n) is 3.46. The highest BCUT2D eigenvalue weighted by Crippen LogP contribution is 1.97. The summed E-state index contributed by atoms with van der Waals surface area (Å²) in [6, 6.07) is 0. The van der Waals surface area contributed by atoms with E-state index in [2.05, 4.69) is 38.4 Å². The van der Waals surface area contributed by atoms with Crippen molar-refractivity contribution in [2.45, 2.75) is 20.8 Å². The fraction of sp³-hybridized carbons (Fsp3) is 0.800. The van der Waals surface area contributed by atoms with E-state index in [0.29, 0.717) is 0 Å². The zero-order valence-corrected chi connectivity index (χ0v) is 11.2. The van der Waals surface area contributed by atoms with Gasteiger partial charge in [-0.3, -0.25) is 4.55 Å². The van der Waals surface area contributed by atoms with E-state index in [0.717, 1.165) is 0 Å². The van der Waals surface area contributed by atoms with Crippen LogP contribution in [0.3, 0.4) is 0 Å². The lowest BCUT2D eigenvalue weighted by atomic mass is 10.4. The van der Waals surface area contributed by atoms with Crippen molar-refractivity contribution in [3.63, 3.8) is 0 Å². The van der Waals surface area contributed by atoms with Crippen LogP contribution in [0.1, 0.15) is 20.8 Å². The molecule has 0 unspecified atom stereocenters. The van der Waals surface area contributed by atoms with Crippen molar-refractivity contribution in [1.82, 2.24) is 0 Å². The fourth-order valence-electron chi connectivity index (χ4n) is 0.779. The van der Waals surface area contributed by atoms with Gasteiger partial charge in [-0.15, -0.1) is 6.42 Å². The molecule has 0 aromatic heterocycles. The van der Waals surface area contributed by atoms with E-state index in [1.807, 2.05) is 5.92 Å². The van der Waals surface area contributed by atoms with E-state index >= 15 is 0 Å². The van der Waals surface area contributed by atoms with Gasteiger partial charge in [-0.05, 0) is 20.8 Å². The van der Waals surface area contributed by atoms with Gasteiger partial charge in [0.25, 0.3) is 0 Å². The predicted octanol–water partition coefficient (Wildman–Crippen LogP) is 0.932. The number of rotatable bonds is 5. The lowest BCUT2D eigenvalue weighted by Crippen LogP contribution is -2.42. The number of nitrogens with zero attached hydrogens (tertiary/aromatic N) is 1. The Morgan fingerprint density at radius 3 is 1.69 bits per heavy atom. The van der Waals surface area contributed by atoms with Gasteiger partial charge < -0.3 is 4.48 Å². The van der Waals surface area contributed by atoms with Crippen LogP contribution in [0, 0.1) is 12.3 Å². The number of hydrogen-bond acceptors (Lipinski definition) is 3. The Morgan fingerprint density at radius 1 is 1.25 bits per heavy atom. The molecule has 0 rings (SSSR count). The molecule has 0 saturated carbocycles. The number of terminal acetylenes is 1. The van der Waals surface area contributed by atoms with E-state index in [1.165, 1.54) is 24.1 Å². The van der Waals surface area contributed by atoms with E-state index in [-0.39, 0.29) is 0 Å². The second-order valence-corrected chi connectivity index (χ2v) is 4.55. The van der Waals surface area contributed by atoms with E-state index in [1.54, 1.807) is 0 Å². The highest BCUT2D eigenvalue weighted by Gasteiger charge is 2.10. The van der Waals surface area contributed by atoms with Crippen molar-refractivity contribution in [1.29, 1.82) is 0 Å². The maximum absolute atomic E-state index is 9.63. The molecule has 0 aliphatic rings. The summed E-state index contributed by atoms with van der Waals surface area (Å²) in [6.45, 7) is 10.1. The van der Waals surface area contributed by atoms with Gasteiger partial charge in [0.2, 0.25) is 0 Å². The molecule has 0 amide bonds. The minimum absolute atomic E-state index is 0.432. The summed E-state index contributed by atoms with van der Waals surface area (Å²) in [6.07, 6.45) is 4.59. The summed E-state index contributed by atoms with van der Waals surface area (Å²) in [5, 5.41) is 0. The van der Waals surface area contributed by atoms with Crippen molar-refractivity contribution in [2.24, 2.45) is 0 Å². The van der Waals surface area contributed by atoms with Gasteiger partial charge in [-0.2, -0.15) is 8.42 Å². The van der Waals surface area contributed by atoms with Crippen LogP contribution in [0.5, 0.6) is 0 Å². The van der Waals surface area contributed by atoms with E-state index < -0.39 is 17.0 Å². The van der Waals surface area contributed by atoms with E-state index in [9.17, 15) is 8.42 Å². The summed E-state index contributed by atoms with van der Waals surface area (Å²) in [5.41, 5.74) is 0. The van der Waals surface area contributed by atoms with Crippen LogP contribution in [-0.4, -0.2) is 50.7 Å². The van der Waals surface area contributed by atoms with Crippen LogP contribution < -0.4 is 0 Å². The third kappa shape index (κ3) is 11.5. The van der Waals surface area contributed by atoms with Gasteiger partial charge in [0.05, 0.1) is 26.7 Å². The minimum atomic E-state index is -4.33. The molecule has 1 N–H and O–H groups in total. The molecule has 16 heavy (non-hydrogen) atoms. The monoisotopic (exact) mass is 252 g/mol. The average molecular weight is 252 g/mol. The molecule has 0 aromatic rings. The van der Waals surface area contributed by atoms with Crippen molar-refractivity contribution in [3.05, 3.63) is 0 Å². The Morgan fingerprint density at radius 2 is 1.62 bits per heavy atom. The SMILES string of the molecule is C#CCOS(=O)(=O)O.CC[N+](C)(CC)CC. The van der Waals surface area contributed by atoms with Gasteiger partial charge in [0.1, 0.15) is 6.61 Å². The summed E-state index contributed by atoms with van der Waals surface area (Å²) >= 11 is 0. The van der Waals surface area contributed by atoms with Crippen LogP contribution in [0.15, 0.2) is 0 Å². The lowest BCUT2D eigenvalue weighted by molar-refractivity contribution is -0.904. The molecule has 0 aliphatic carbocycles. The predicted molar refractivity (Wildman–Crippen MR) is 64.1 cm³/mol. The van der Waals surface area contributed by atoms with Gasteiger partial charge in [-0.25, -0.2) is 4.18 Å². The quantitative estimate of drug-likeness (QED) is 0.449. The van der Waals surface area contributed by atoms with Gasteiger partial charge in [0.15, 0.2) is 0 Å². The first-order valence-electron chi connectivity index (χ1n) is 5.13. The molecule has 96 valence electrons. The van der Waals surface area contributed by atoms with Crippen molar-refractivity contribution < 1.29 is 21.6 Å². The molecule has 0 spiro atoms. The zero-order chi connectivity index (χ0) is 13.2. The Bertz CT molecular complexity index is 293. The third-order valence-electron chi connectivity index (χ3n) is 2.58. The summed E-state index contributed by atoms with van der Waals surface area (Å²) in [4.78, 5) is 0. The molecule has 6 heteroatoms. The third-order valence-corrected chi connectivity index (χ3v) is 3.00. The Labute approximate surface area is 98.9 Å². The smallest absolute Gasteiger partial charge is 0.327 e. The van der Waals surface area contributed by atoms with Crippen LogP contribution in [0.4, 0.5) is 0 Å². The zero-order valence-electron chi connectivity index (χ0n) is 10.4. The average Bonchev–Trinajstić information content (AvgIpc) is 2.25. The van der Waals surface area contributed by atoms with Gasteiger partial charge in [-0.1, -0.05) is 5.92 Å². The second kappa shape index (κ2) is 8.53. The number of hydrogen-bond donors (Lipinski definition) is 1. The molecule has 0 saturated heterocycles. The van der Waals surface area contributed by atoms with Crippen LogP contribution in [0.2, 0.25) is 0 Å². The maximum Gasteiger partial charge on any atom is 0.398 e. The Kier molecular flexibility index (Phi) is 9.48. The first-order valence-corrected chi connectivity index (χ1v) is 6.50. The molecule has 0 atom stereocenters. The van der Waals surface area contributed by atoms with Gasteiger partial charge in [0, 0.05) is 0 Å². The standard InChI is InChI=1S/C7H18N.C3H4O4S/c1-5-8(4,6-2)7-3;1-2-3-7-8(4,5)6/h5-7H2,1-4H3;1H,3H2,(H,4,5,6)/q+1;. The fourth-order valence-corrected chi connectivity index (χ4v) is 0.996. The molecule has 0 aliphatic heterocycles. The molecule has 0 fully saturated rings. The summed E-state index contributed by atoms with van der Waals surface area (Å²) in [7, 11) is -2.04.